The van der Waals surface area contributed by atoms with Crippen molar-refractivity contribution in [3.05, 3.63) is 47.2 Å². The zero-order chi connectivity index (χ0) is 21.9. The number of ether oxygens (including phenoxy) is 1. The molecule has 2 heterocycles. The zero-order valence-electron chi connectivity index (χ0n) is 18.4. The van der Waals surface area contributed by atoms with E-state index in [1.165, 1.54) is 19.3 Å². The Morgan fingerprint density at radius 1 is 1.09 bits per heavy atom. The molecule has 1 aromatic carbocycles. The van der Waals surface area contributed by atoms with Crippen LogP contribution in [0.1, 0.15) is 44.1 Å². The number of halogens is 1. The molecule has 3 aliphatic rings. The molecule has 6 nitrogen and oxygen atoms in total. The largest absolute Gasteiger partial charge is 0.494 e. The Morgan fingerprint density at radius 2 is 1.81 bits per heavy atom. The lowest BCUT2D eigenvalue weighted by molar-refractivity contribution is -0.120. The van der Waals surface area contributed by atoms with Crippen LogP contribution in [0.25, 0.3) is 0 Å². The highest BCUT2D eigenvalue weighted by Crippen LogP contribution is 2.49. The lowest BCUT2D eigenvalue weighted by atomic mass is 9.90. The third kappa shape index (κ3) is 5.71. The average Bonchev–Trinajstić information content (AvgIpc) is 3.73. The van der Waals surface area contributed by atoms with Gasteiger partial charge < -0.3 is 15.0 Å². The number of hydrogen-bond acceptors (Lipinski definition) is 5. The first-order valence-corrected chi connectivity index (χ1v) is 12.3. The number of hydrogen-bond donors (Lipinski definition) is 1. The molecule has 0 bridgehead atoms. The van der Waals surface area contributed by atoms with Gasteiger partial charge in [-0.2, -0.15) is 0 Å². The predicted octanol–water partition coefficient (Wildman–Crippen LogP) is 4.27. The van der Waals surface area contributed by atoms with E-state index in [-0.39, 0.29) is 5.91 Å². The van der Waals surface area contributed by atoms with E-state index in [0.29, 0.717) is 17.5 Å². The Kier molecular flexibility index (Phi) is 6.49. The molecule has 2 atom stereocenters. The van der Waals surface area contributed by atoms with Gasteiger partial charge in [0.1, 0.15) is 5.75 Å². The molecule has 5 rings (SSSR count). The van der Waals surface area contributed by atoms with Gasteiger partial charge in [-0.1, -0.05) is 23.7 Å². The van der Waals surface area contributed by atoms with Gasteiger partial charge in [0.15, 0.2) is 0 Å². The van der Waals surface area contributed by atoms with E-state index in [2.05, 4.69) is 20.2 Å². The number of piperidine rings is 1. The van der Waals surface area contributed by atoms with E-state index in [9.17, 15) is 4.79 Å². The summed E-state index contributed by atoms with van der Waals surface area (Å²) in [5, 5.41) is 3.61. The summed E-state index contributed by atoms with van der Waals surface area (Å²) >= 11 is 5.89. The average molecular weight is 455 g/mol. The van der Waals surface area contributed by atoms with E-state index in [0.717, 1.165) is 74.0 Å². The first-order chi connectivity index (χ1) is 15.6. The highest BCUT2D eigenvalue weighted by Gasteiger charge is 2.43. The Labute approximate surface area is 194 Å². The molecule has 3 fully saturated rings. The SMILES string of the molecule is O=C(Cc1ccc(OCC[C@H]2C[C@H]2C2CCN(c3ncc(Cl)cn3)CC2)cc1)NC1CC1. The molecule has 0 radical (unpaired) electrons. The number of anilines is 1. The standard InChI is InChI=1S/C25H31ClN4O2/c26-20-15-27-25(28-16-20)30-10-7-18(8-11-30)23-14-19(23)9-12-32-22-5-1-17(2-6-22)13-24(31)29-21-3-4-21/h1-2,5-6,15-16,18-19,21,23H,3-4,7-14H2,(H,29,31)/t19-,23-/m0/s1. The van der Waals surface area contributed by atoms with Gasteiger partial charge in [-0.25, -0.2) is 9.97 Å². The number of nitrogens with zero attached hydrogens (tertiary/aromatic N) is 3. The summed E-state index contributed by atoms with van der Waals surface area (Å²) in [4.78, 5) is 22.9. The van der Waals surface area contributed by atoms with Crippen molar-refractivity contribution in [3.8, 4) is 5.75 Å². The lowest BCUT2D eigenvalue weighted by Gasteiger charge is -2.32. The third-order valence-corrected chi connectivity index (χ3v) is 7.19. The zero-order valence-corrected chi connectivity index (χ0v) is 19.1. The highest BCUT2D eigenvalue weighted by atomic mass is 35.5. The monoisotopic (exact) mass is 454 g/mol. The minimum Gasteiger partial charge on any atom is -0.494 e. The van der Waals surface area contributed by atoms with E-state index in [4.69, 9.17) is 16.3 Å². The summed E-state index contributed by atoms with van der Waals surface area (Å²) in [7, 11) is 0. The smallest absolute Gasteiger partial charge is 0.225 e. The van der Waals surface area contributed by atoms with Gasteiger partial charge in [0, 0.05) is 19.1 Å². The molecule has 2 saturated carbocycles. The minimum atomic E-state index is 0.118. The number of carbonyl (C=O) groups excluding carboxylic acids is 1. The van der Waals surface area contributed by atoms with Gasteiger partial charge in [0.05, 0.1) is 30.4 Å². The van der Waals surface area contributed by atoms with Crippen LogP contribution in [0.15, 0.2) is 36.7 Å². The Morgan fingerprint density at radius 3 is 2.50 bits per heavy atom. The second kappa shape index (κ2) is 9.65. The van der Waals surface area contributed by atoms with Gasteiger partial charge in [0.25, 0.3) is 0 Å². The minimum absolute atomic E-state index is 0.118. The molecule has 1 aromatic heterocycles. The number of amides is 1. The van der Waals surface area contributed by atoms with Crippen molar-refractivity contribution in [3.63, 3.8) is 0 Å². The van der Waals surface area contributed by atoms with Crippen LogP contribution in [-0.2, 0) is 11.2 Å². The summed E-state index contributed by atoms with van der Waals surface area (Å²) < 4.78 is 5.98. The van der Waals surface area contributed by atoms with E-state index in [1.54, 1.807) is 12.4 Å². The molecule has 1 aliphatic heterocycles. The van der Waals surface area contributed by atoms with Gasteiger partial charge in [-0.15, -0.1) is 0 Å². The summed E-state index contributed by atoms with van der Waals surface area (Å²) in [6.07, 6.45) is 10.9. The maximum atomic E-state index is 11.9. The van der Waals surface area contributed by atoms with E-state index < -0.39 is 0 Å². The Hall–Kier alpha value is -2.34. The first-order valence-electron chi connectivity index (χ1n) is 11.9. The lowest BCUT2D eigenvalue weighted by Crippen LogP contribution is -2.35. The molecule has 1 N–H and O–H groups in total. The van der Waals surface area contributed by atoms with Crippen molar-refractivity contribution in [1.82, 2.24) is 15.3 Å². The van der Waals surface area contributed by atoms with Crippen LogP contribution in [0.5, 0.6) is 5.75 Å². The van der Waals surface area contributed by atoms with Crippen molar-refractivity contribution < 1.29 is 9.53 Å². The fourth-order valence-electron chi connectivity index (χ4n) is 4.90. The van der Waals surface area contributed by atoms with Crippen molar-refractivity contribution in [2.45, 2.75) is 51.0 Å². The summed E-state index contributed by atoms with van der Waals surface area (Å²) in [5.74, 6) is 4.26. The Balaban J connectivity index is 0.990. The highest BCUT2D eigenvalue weighted by molar-refractivity contribution is 6.30. The third-order valence-electron chi connectivity index (χ3n) is 7.00. The Bertz CT molecular complexity index is 909. The quantitative estimate of drug-likeness (QED) is 0.612. The maximum Gasteiger partial charge on any atom is 0.225 e. The molecule has 1 amide bonds. The van der Waals surface area contributed by atoms with Gasteiger partial charge in [0.2, 0.25) is 11.9 Å². The summed E-state index contributed by atoms with van der Waals surface area (Å²) in [6, 6.07) is 8.39. The molecule has 32 heavy (non-hydrogen) atoms. The van der Waals surface area contributed by atoms with Gasteiger partial charge in [-0.05, 0) is 74.0 Å². The second-order valence-electron chi connectivity index (χ2n) is 9.49. The molecule has 7 heteroatoms. The molecule has 170 valence electrons. The molecule has 0 unspecified atom stereocenters. The van der Waals surface area contributed by atoms with Crippen molar-refractivity contribution in [2.75, 3.05) is 24.6 Å². The predicted molar refractivity (Wildman–Crippen MR) is 125 cm³/mol. The van der Waals surface area contributed by atoms with Crippen molar-refractivity contribution in [2.24, 2.45) is 17.8 Å². The number of nitrogens with one attached hydrogen (secondary N) is 1. The van der Waals surface area contributed by atoms with Crippen LogP contribution in [0.4, 0.5) is 5.95 Å². The number of benzene rings is 1. The van der Waals surface area contributed by atoms with Crippen molar-refractivity contribution in [1.29, 1.82) is 0 Å². The molecular formula is C25H31ClN4O2. The molecule has 2 aromatic rings. The number of rotatable bonds is 9. The fourth-order valence-corrected chi connectivity index (χ4v) is 5.00. The molecular weight excluding hydrogens is 424 g/mol. The number of aromatic nitrogens is 2. The van der Waals surface area contributed by atoms with Crippen LogP contribution in [0, 0.1) is 17.8 Å². The molecule has 2 aliphatic carbocycles. The number of carbonyl (C=O) groups is 1. The van der Waals surface area contributed by atoms with Crippen LogP contribution < -0.4 is 15.0 Å². The van der Waals surface area contributed by atoms with Gasteiger partial charge in [-0.3, -0.25) is 4.79 Å². The normalized spacial score (nSPS) is 23.1. The topological polar surface area (TPSA) is 67.3 Å². The van der Waals surface area contributed by atoms with E-state index in [1.807, 2.05) is 24.3 Å². The summed E-state index contributed by atoms with van der Waals surface area (Å²) in [5.41, 5.74) is 1.04. The summed E-state index contributed by atoms with van der Waals surface area (Å²) in [6.45, 7) is 2.81. The van der Waals surface area contributed by atoms with Gasteiger partial charge >= 0.3 is 0 Å². The van der Waals surface area contributed by atoms with Crippen molar-refractivity contribution >= 4 is 23.5 Å². The van der Waals surface area contributed by atoms with Crippen LogP contribution >= 0.6 is 11.6 Å². The molecule has 1 saturated heterocycles. The van der Waals surface area contributed by atoms with E-state index >= 15 is 0 Å². The fraction of sp³-hybridized carbons (Fsp3) is 0.560. The second-order valence-corrected chi connectivity index (χ2v) is 9.92. The molecule has 0 spiro atoms. The first kappa shape index (κ1) is 21.5. The van der Waals surface area contributed by atoms with Crippen LogP contribution in [0.3, 0.4) is 0 Å². The maximum absolute atomic E-state index is 11.9. The van der Waals surface area contributed by atoms with Crippen LogP contribution in [-0.4, -0.2) is 41.6 Å². The van der Waals surface area contributed by atoms with Crippen LogP contribution in [0.2, 0.25) is 5.02 Å².